The second-order valence-corrected chi connectivity index (χ2v) is 8.99. The van der Waals surface area contributed by atoms with Gasteiger partial charge in [0.25, 0.3) is 0 Å². The number of piperidine rings is 1. The van der Waals surface area contributed by atoms with E-state index in [0.29, 0.717) is 24.0 Å². The Labute approximate surface area is 151 Å². The standard InChI is InChI=1S/C18H29N3O3S/c1-16-2-4-18(5-3-16)25(23,24)21-8-6-17(7-9-21)20-12-10-19(11-13-20)14-15-22/h2-5,17,22H,6-15H2,1H3. The molecule has 0 radical (unpaired) electrons. The minimum absolute atomic E-state index is 0.218. The molecule has 0 aliphatic carbocycles. The molecule has 1 aromatic rings. The first kappa shape index (κ1) is 18.8. The third-order valence-corrected chi connectivity index (χ3v) is 7.33. The number of nitrogens with zero attached hydrogens (tertiary/aromatic N) is 3. The van der Waals surface area contributed by atoms with Crippen LogP contribution in [0.15, 0.2) is 29.2 Å². The summed E-state index contributed by atoms with van der Waals surface area (Å²) in [6, 6.07) is 7.59. The Morgan fingerprint density at radius 1 is 1.00 bits per heavy atom. The minimum Gasteiger partial charge on any atom is -0.395 e. The fourth-order valence-corrected chi connectivity index (χ4v) is 5.27. The van der Waals surface area contributed by atoms with Crippen molar-refractivity contribution in [1.29, 1.82) is 0 Å². The van der Waals surface area contributed by atoms with E-state index in [1.807, 2.05) is 19.1 Å². The van der Waals surface area contributed by atoms with Crippen molar-refractivity contribution in [2.24, 2.45) is 0 Å². The summed E-state index contributed by atoms with van der Waals surface area (Å²) in [5.74, 6) is 0. The summed E-state index contributed by atoms with van der Waals surface area (Å²) < 4.78 is 27.2. The third kappa shape index (κ3) is 4.41. The summed E-state index contributed by atoms with van der Waals surface area (Å²) in [6.07, 6.45) is 1.79. The first-order chi connectivity index (χ1) is 12.0. The number of sulfonamides is 1. The average molecular weight is 368 g/mol. The highest BCUT2D eigenvalue weighted by Crippen LogP contribution is 2.24. The number of hydrogen-bond acceptors (Lipinski definition) is 5. The summed E-state index contributed by atoms with van der Waals surface area (Å²) in [7, 11) is -3.37. The zero-order valence-electron chi connectivity index (χ0n) is 15.0. The molecule has 140 valence electrons. The average Bonchev–Trinajstić information content (AvgIpc) is 2.63. The van der Waals surface area contributed by atoms with Gasteiger partial charge in [0.05, 0.1) is 11.5 Å². The molecule has 2 heterocycles. The van der Waals surface area contributed by atoms with E-state index in [1.54, 1.807) is 16.4 Å². The highest BCUT2D eigenvalue weighted by Gasteiger charge is 2.32. The van der Waals surface area contributed by atoms with Crippen molar-refractivity contribution in [3.8, 4) is 0 Å². The van der Waals surface area contributed by atoms with E-state index in [0.717, 1.165) is 51.1 Å². The molecular formula is C18H29N3O3S. The van der Waals surface area contributed by atoms with Crippen molar-refractivity contribution < 1.29 is 13.5 Å². The molecule has 7 heteroatoms. The van der Waals surface area contributed by atoms with Crippen LogP contribution in [0.5, 0.6) is 0 Å². The zero-order valence-corrected chi connectivity index (χ0v) is 15.8. The number of aliphatic hydroxyl groups is 1. The molecule has 1 N–H and O–H groups in total. The SMILES string of the molecule is Cc1ccc(S(=O)(=O)N2CCC(N3CCN(CCO)CC3)CC2)cc1. The van der Waals surface area contributed by atoms with Crippen LogP contribution in [0, 0.1) is 6.92 Å². The Morgan fingerprint density at radius 2 is 1.60 bits per heavy atom. The fourth-order valence-electron chi connectivity index (χ4n) is 3.80. The van der Waals surface area contributed by atoms with Gasteiger partial charge in [-0.25, -0.2) is 8.42 Å². The summed E-state index contributed by atoms with van der Waals surface area (Å²) in [5, 5.41) is 9.03. The van der Waals surface area contributed by atoms with Crippen LogP contribution in [-0.2, 0) is 10.0 Å². The van der Waals surface area contributed by atoms with Crippen molar-refractivity contribution in [3.05, 3.63) is 29.8 Å². The maximum atomic E-state index is 12.8. The molecule has 1 aromatic carbocycles. The van der Waals surface area contributed by atoms with Crippen LogP contribution >= 0.6 is 0 Å². The summed E-state index contributed by atoms with van der Waals surface area (Å²) in [5.41, 5.74) is 1.07. The highest BCUT2D eigenvalue weighted by atomic mass is 32.2. The molecule has 0 atom stereocenters. The molecule has 0 aromatic heterocycles. The van der Waals surface area contributed by atoms with Crippen molar-refractivity contribution >= 4 is 10.0 Å². The summed E-state index contributed by atoms with van der Waals surface area (Å²) >= 11 is 0. The molecule has 2 aliphatic rings. The Bertz CT molecular complexity index is 647. The molecule has 0 spiro atoms. The Balaban J connectivity index is 1.54. The number of rotatable bonds is 5. The van der Waals surface area contributed by atoms with E-state index in [1.165, 1.54) is 0 Å². The lowest BCUT2D eigenvalue weighted by Gasteiger charge is -2.42. The summed E-state index contributed by atoms with van der Waals surface area (Å²) in [4.78, 5) is 5.17. The van der Waals surface area contributed by atoms with Crippen molar-refractivity contribution in [3.63, 3.8) is 0 Å². The summed E-state index contributed by atoms with van der Waals surface area (Å²) in [6.45, 7) is 8.11. The lowest BCUT2D eigenvalue weighted by molar-refractivity contribution is 0.0645. The minimum atomic E-state index is -3.37. The maximum absolute atomic E-state index is 12.8. The highest BCUT2D eigenvalue weighted by molar-refractivity contribution is 7.89. The molecule has 0 bridgehead atoms. The third-order valence-electron chi connectivity index (χ3n) is 5.42. The molecule has 25 heavy (non-hydrogen) atoms. The van der Waals surface area contributed by atoms with E-state index in [4.69, 9.17) is 5.11 Å². The topological polar surface area (TPSA) is 64.1 Å². The molecule has 0 amide bonds. The second-order valence-electron chi connectivity index (χ2n) is 7.05. The molecule has 3 rings (SSSR count). The van der Waals surface area contributed by atoms with E-state index in [9.17, 15) is 8.42 Å². The second kappa shape index (κ2) is 8.14. The molecule has 6 nitrogen and oxygen atoms in total. The van der Waals surface area contributed by atoms with E-state index < -0.39 is 10.0 Å². The van der Waals surface area contributed by atoms with Gasteiger partial charge >= 0.3 is 0 Å². The number of hydrogen-bond donors (Lipinski definition) is 1. The van der Waals surface area contributed by atoms with Gasteiger partial charge in [0.2, 0.25) is 10.0 Å². The van der Waals surface area contributed by atoms with Crippen LogP contribution in [-0.4, -0.2) is 86.1 Å². The van der Waals surface area contributed by atoms with E-state index in [-0.39, 0.29) is 6.61 Å². The predicted molar refractivity (Wildman–Crippen MR) is 98.1 cm³/mol. The smallest absolute Gasteiger partial charge is 0.243 e. The van der Waals surface area contributed by atoms with Crippen LogP contribution < -0.4 is 0 Å². The molecule has 2 aliphatic heterocycles. The quantitative estimate of drug-likeness (QED) is 0.832. The largest absolute Gasteiger partial charge is 0.395 e. The lowest BCUT2D eigenvalue weighted by Crippen LogP contribution is -2.54. The van der Waals surface area contributed by atoms with Crippen molar-refractivity contribution in [1.82, 2.24) is 14.1 Å². The number of aliphatic hydroxyl groups excluding tert-OH is 1. The van der Waals surface area contributed by atoms with Gasteiger partial charge in [0, 0.05) is 51.9 Å². The van der Waals surface area contributed by atoms with Gasteiger partial charge in [-0.3, -0.25) is 9.80 Å². The van der Waals surface area contributed by atoms with Gasteiger partial charge in [-0.15, -0.1) is 0 Å². The van der Waals surface area contributed by atoms with Crippen LogP contribution in [0.3, 0.4) is 0 Å². The number of aryl methyl sites for hydroxylation is 1. The molecule has 0 saturated carbocycles. The Morgan fingerprint density at radius 3 is 2.16 bits per heavy atom. The number of β-amino-alcohol motifs (C(OH)–C–C–N with tert-alkyl or cyclic N) is 1. The maximum Gasteiger partial charge on any atom is 0.243 e. The van der Waals surface area contributed by atoms with Gasteiger partial charge < -0.3 is 5.11 Å². The van der Waals surface area contributed by atoms with Crippen molar-refractivity contribution in [2.45, 2.75) is 30.7 Å². The molecule has 0 unspecified atom stereocenters. The molecule has 2 fully saturated rings. The van der Waals surface area contributed by atoms with E-state index in [2.05, 4.69) is 9.80 Å². The van der Waals surface area contributed by atoms with E-state index >= 15 is 0 Å². The van der Waals surface area contributed by atoms with Crippen molar-refractivity contribution in [2.75, 3.05) is 52.4 Å². The first-order valence-corrected chi connectivity index (χ1v) is 10.6. The van der Waals surface area contributed by atoms with Crippen LogP contribution in [0.1, 0.15) is 18.4 Å². The van der Waals surface area contributed by atoms with Gasteiger partial charge in [-0.1, -0.05) is 17.7 Å². The van der Waals surface area contributed by atoms with Crippen LogP contribution in [0.4, 0.5) is 0 Å². The fraction of sp³-hybridized carbons (Fsp3) is 0.667. The van der Waals surface area contributed by atoms with Gasteiger partial charge in [-0.05, 0) is 31.9 Å². The Hall–Kier alpha value is -0.990. The molecular weight excluding hydrogens is 338 g/mol. The zero-order chi connectivity index (χ0) is 17.9. The predicted octanol–water partition coefficient (Wildman–Crippen LogP) is 0.758. The van der Waals surface area contributed by atoms with Gasteiger partial charge in [0.1, 0.15) is 0 Å². The monoisotopic (exact) mass is 367 g/mol. The van der Waals surface area contributed by atoms with Crippen LogP contribution in [0.25, 0.3) is 0 Å². The van der Waals surface area contributed by atoms with Crippen LogP contribution in [0.2, 0.25) is 0 Å². The Kier molecular flexibility index (Phi) is 6.12. The normalized spacial score (nSPS) is 22.3. The van der Waals surface area contributed by atoms with Gasteiger partial charge in [-0.2, -0.15) is 4.31 Å². The first-order valence-electron chi connectivity index (χ1n) is 9.15. The van der Waals surface area contributed by atoms with Gasteiger partial charge in [0.15, 0.2) is 0 Å². The molecule has 2 saturated heterocycles. The number of piperazine rings is 1. The lowest BCUT2D eigenvalue weighted by atomic mass is 10.0. The number of benzene rings is 1.